The molecule has 12 heteroatoms. The van der Waals surface area contributed by atoms with Crippen molar-refractivity contribution in [3.8, 4) is 6.07 Å². The number of aryl methyl sites for hydroxylation is 2. The standard InChI is InChI=1S/C33H38N6O6/c1-20(2)14-26(17-34)30(42)36-27-12-10-24(11-13-27)16-28(31(43)35-18-25-8-6-21(3)7-9-25)37-33(19-40,23(5)41)38-32(44)29-15-22(4)45-39-29/h6-15,19-20,23,28,37,41H,16,18H2,1-5H3,(H,35,43)(H,36,42)(H,38,44)/t23-,28+,33-/m1/s1. The zero-order chi connectivity index (χ0) is 33.1. The smallest absolute Gasteiger partial charge is 0.275 e. The van der Waals surface area contributed by atoms with Crippen LogP contribution in [0.1, 0.15) is 53.7 Å². The van der Waals surface area contributed by atoms with E-state index in [1.807, 2.05) is 51.1 Å². The van der Waals surface area contributed by atoms with E-state index in [1.54, 1.807) is 37.3 Å². The highest BCUT2D eigenvalue weighted by atomic mass is 16.5. The summed E-state index contributed by atoms with van der Waals surface area (Å²) in [7, 11) is 0. The lowest BCUT2D eigenvalue weighted by atomic mass is 9.99. The predicted molar refractivity (Wildman–Crippen MR) is 166 cm³/mol. The van der Waals surface area contributed by atoms with Gasteiger partial charge in [-0.15, -0.1) is 0 Å². The Morgan fingerprint density at radius 3 is 2.22 bits per heavy atom. The summed E-state index contributed by atoms with van der Waals surface area (Å²) in [6.45, 7) is 8.77. The van der Waals surface area contributed by atoms with Crippen molar-refractivity contribution in [2.24, 2.45) is 5.92 Å². The number of aromatic nitrogens is 1. The van der Waals surface area contributed by atoms with E-state index in [-0.39, 0.29) is 30.2 Å². The fraction of sp³-hybridized carbons (Fsp3) is 0.333. The lowest BCUT2D eigenvalue weighted by Gasteiger charge is -2.36. The van der Waals surface area contributed by atoms with Gasteiger partial charge in [0.1, 0.15) is 17.4 Å². The van der Waals surface area contributed by atoms with Crippen LogP contribution in [-0.4, -0.2) is 52.1 Å². The quantitative estimate of drug-likeness (QED) is 0.0788. The molecule has 3 aromatic rings. The normalized spacial score (nSPS) is 14.0. The zero-order valence-corrected chi connectivity index (χ0v) is 25.9. The molecule has 5 N–H and O–H groups in total. The molecule has 3 amide bonds. The van der Waals surface area contributed by atoms with Crippen LogP contribution in [-0.2, 0) is 27.3 Å². The van der Waals surface area contributed by atoms with Crippen molar-refractivity contribution in [2.45, 2.75) is 65.4 Å². The first-order chi connectivity index (χ1) is 21.3. The van der Waals surface area contributed by atoms with Crippen LogP contribution in [0.25, 0.3) is 0 Å². The molecule has 0 saturated carbocycles. The summed E-state index contributed by atoms with van der Waals surface area (Å²) in [5.41, 5.74) is 0.802. The number of allylic oxidation sites excluding steroid dienone is 1. The van der Waals surface area contributed by atoms with Gasteiger partial charge in [0.25, 0.3) is 11.8 Å². The Bertz CT molecular complexity index is 1570. The van der Waals surface area contributed by atoms with Gasteiger partial charge in [-0.1, -0.05) is 67.0 Å². The number of hydrogen-bond donors (Lipinski definition) is 5. The molecule has 0 aliphatic heterocycles. The van der Waals surface area contributed by atoms with Crippen molar-refractivity contribution < 1.29 is 28.8 Å². The zero-order valence-electron chi connectivity index (χ0n) is 25.9. The molecule has 3 atom stereocenters. The molecule has 12 nitrogen and oxygen atoms in total. The molecule has 1 aromatic heterocycles. The number of hydrogen-bond acceptors (Lipinski definition) is 9. The molecule has 0 saturated heterocycles. The van der Waals surface area contributed by atoms with Crippen molar-refractivity contribution >= 4 is 29.7 Å². The Balaban J connectivity index is 1.86. The fourth-order valence-electron chi connectivity index (χ4n) is 4.32. The van der Waals surface area contributed by atoms with Gasteiger partial charge in [-0.3, -0.25) is 24.5 Å². The summed E-state index contributed by atoms with van der Waals surface area (Å²) < 4.78 is 4.95. The Morgan fingerprint density at radius 1 is 1.04 bits per heavy atom. The van der Waals surface area contributed by atoms with E-state index in [9.17, 15) is 29.5 Å². The summed E-state index contributed by atoms with van der Waals surface area (Å²) in [6, 6.07) is 16.3. The number of aliphatic hydroxyl groups is 1. The summed E-state index contributed by atoms with van der Waals surface area (Å²) in [5, 5.41) is 34.5. The summed E-state index contributed by atoms with van der Waals surface area (Å²) >= 11 is 0. The molecule has 0 spiro atoms. The van der Waals surface area contributed by atoms with Gasteiger partial charge in [0.05, 0.1) is 12.1 Å². The average molecular weight is 615 g/mol. The van der Waals surface area contributed by atoms with E-state index < -0.39 is 35.5 Å². The third kappa shape index (κ3) is 9.69. The Hall–Kier alpha value is -5.12. The number of nitrogens with zero attached hydrogens (tertiary/aromatic N) is 2. The highest BCUT2D eigenvalue weighted by Gasteiger charge is 2.41. The van der Waals surface area contributed by atoms with Crippen molar-refractivity contribution in [3.05, 3.63) is 94.4 Å². The second-order valence-corrected chi connectivity index (χ2v) is 11.1. The van der Waals surface area contributed by atoms with Crippen LogP contribution in [0.2, 0.25) is 0 Å². The minimum absolute atomic E-state index is 0.00487. The lowest BCUT2D eigenvalue weighted by Crippen LogP contribution is -2.70. The van der Waals surface area contributed by atoms with Crippen LogP contribution >= 0.6 is 0 Å². The Morgan fingerprint density at radius 2 is 1.69 bits per heavy atom. The molecule has 0 fully saturated rings. The molecule has 0 aliphatic carbocycles. The molecule has 3 rings (SSSR count). The first-order valence-corrected chi connectivity index (χ1v) is 14.4. The summed E-state index contributed by atoms with van der Waals surface area (Å²) in [5.74, 6) is -1.45. The molecule has 0 radical (unpaired) electrons. The second-order valence-electron chi connectivity index (χ2n) is 11.1. The Labute approximate surface area is 261 Å². The maximum absolute atomic E-state index is 13.6. The molecule has 0 bridgehead atoms. The number of nitriles is 1. The summed E-state index contributed by atoms with van der Waals surface area (Å²) in [6.07, 6.45) is 0.467. The van der Waals surface area contributed by atoms with Crippen LogP contribution in [0.15, 0.2) is 70.8 Å². The van der Waals surface area contributed by atoms with Gasteiger partial charge in [-0.2, -0.15) is 5.26 Å². The minimum atomic E-state index is -2.07. The van der Waals surface area contributed by atoms with Crippen molar-refractivity contribution in [3.63, 3.8) is 0 Å². The first-order valence-electron chi connectivity index (χ1n) is 14.4. The third-order valence-electron chi connectivity index (χ3n) is 6.86. The number of carbonyl (C=O) groups excluding carboxylic acids is 4. The van der Waals surface area contributed by atoms with E-state index >= 15 is 0 Å². The number of benzene rings is 2. The minimum Gasteiger partial charge on any atom is -0.389 e. The fourth-order valence-corrected chi connectivity index (χ4v) is 4.32. The number of aliphatic hydroxyl groups excluding tert-OH is 1. The monoisotopic (exact) mass is 614 g/mol. The SMILES string of the molecule is Cc1ccc(CNC(=O)[C@H](Cc2ccc(NC(=O)C(C#N)=CC(C)C)cc2)N[C@](C=O)(NC(=O)c2cc(C)on2)[C@@H](C)O)cc1. The molecule has 45 heavy (non-hydrogen) atoms. The van der Waals surface area contributed by atoms with Crippen molar-refractivity contribution in [1.82, 2.24) is 21.1 Å². The van der Waals surface area contributed by atoms with Gasteiger partial charge in [-0.05, 0) is 56.4 Å². The second kappa shape index (κ2) is 15.6. The van der Waals surface area contributed by atoms with Crippen LogP contribution in [0.5, 0.6) is 0 Å². The maximum Gasteiger partial charge on any atom is 0.275 e. The maximum atomic E-state index is 13.6. The van der Waals surface area contributed by atoms with Crippen LogP contribution in [0.3, 0.4) is 0 Å². The van der Waals surface area contributed by atoms with Crippen LogP contribution < -0.4 is 21.3 Å². The molecule has 1 heterocycles. The van der Waals surface area contributed by atoms with Crippen LogP contribution in [0.4, 0.5) is 5.69 Å². The molecular formula is C33H38N6O6. The van der Waals surface area contributed by atoms with Crippen molar-refractivity contribution in [1.29, 1.82) is 5.26 Å². The predicted octanol–water partition coefficient (Wildman–Crippen LogP) is 2.86. The topological polar surface area (TPSA) is 186 Å². The third-order valence-corrected chi connectivity index (χ3v) is 6.86. The number of amides is 3. The van der Waals surface area contributed by atoms with Gasteiger partial charge >= 0.3 is 0 Å². The largest absolute Gasteiger partial charge is 0.389 e. The van der Waals surface area contributed by atoms with Gasteiger partial charge in [0.2, 0.25) is 5.91 Å². The van der Waals surface area contributed by atoms with Gasteiger partial charge in [0, 0.05) is 18.3 Å². The first kappa shape index (κ1) is 34.4. The molecule has 236 valence electrons. The number of aldehydes is 1. The molecule has 0 aliphatic rings. The number of nitrogens with one attached hydrogen (secondary N) is 4. The summed E-state index contributed by atoms with van der Waals surface area (Å²) in [4.78, 5) is 51.5. The lowest BCUT2D eigenvalue weighted by molar-refractivity contribution is -0.126. The molecule has 2 aromatic carbocycles. The van der Waals surface area contributed by atoms with Crippen LogP contribution in [0, 0.1) is 31.1 Å². The highest BCUT2D eigenvalue weighted by molar-refractivity contribution is 6.06. The Kier molecular flexibility index (Phi) is 11.9. The number of anilines is 1. The van der Waals surface area contributed by atoms with E-state index in [0.29, 0.717) is 23.3 Å². The number of carbonyl (C=O) groups is 4. The average Bonchev–Trinajstić information content (AvgIpc) is 3.45. The highest BCUT2D eigenvalue weighted by Crippen LogP contribution is 2.16. The number of rotatable bonds is 14. The van der Waals surface area contributed by atoms with Crippen molar-refractivity contribution in [2.75, 3.05) is 5.32 Å². The van der Waals surface area contributed by atoms with E-state index in [2.05, 4.69) is 26.4 Å². The molecule has 0 unspecified atom stereocenters. The van der Waals surface area contributed by atoms with Gasteiger partial charge in [0.15, 0.2) is 17.6 Å². The van der Waals surface area contributed by atoms with Gasteiger partial charge < -0.3 is 25.6 Å². The van der Waals surface area contributed by atoms with Gasteiger partial charge in [-0.25, -0.2) is 0 Å². The van der Waals surface area contributed by atoms with E-state index in [1.165, 1.54) is 13.0 Å². The molecular weight excluding hydrogens is 576 g/mol. The van der Waals surface area contributed by atoms with E-state index in [0.717, 1.165) is 11.1 Å². The van der Waals surface area contributed by atoms with E-state index in [4.69, 9.17) is 4.52 Å².